The van der Waals surface area contributed by atoms with Crippen LogP contribution >= 0.6 is 11.3 Å². The molecule has 3 nitrogen and oxygen atoms in total. The second kappa shape index (κ2) is 5.43. The quantitative estimate of drug-likeness (QED) is 0.939. The third kappa shape index (κ3) is 2.83. The SMILES string of the molecule is Cc1cc(CNC2CC2)cnc1N1CCc2sccc2C1. The molecule has 1 aliphatic heterocycles. The van der Waals surface area contributed by atoms with Crippen molar-refractivity contribution in [2.75, 3.05) is 11.4 Å². The largest absolute Gasteiger partial charge is 0.352 e. The minimum atomic E-state index is 0.754. The summed E-state index contributed by atoms with van der Waals surface area (Å²) in [5.74, 6) is 1.15. The molecule has 4 heteroatoms. The summed E-state index contributed by atoms with van der Waals surface area (Å²) in [6.45, 7) is 5.23. The van der Waals surface area contributed by atoms with Gasteiger partial charge in [-0.3, -0.25) is 0 Å². The van der Waals surface area contributed by atoms with E-state index in [9.17, 15) is 0 Å². The predicted molar refractivity (Wildman–Crippen MR) is 87.9 cm³/mol. The number of fused-ring (bicyclic) bond motifs is 1. The molecule has 1 N–H and O–H groups in total. The number of hydrogen-bond donors (Lipinski definition) is 1. The summed E-state index contributed by atoms with van der Waals surface area (Å²) in [5, 5.41) is 5.77. The number of nitrogens with one attached hydrogen (secondary N) is 1. The van der Waals surface area contributed by atoms with Gasteiger partial charge in [-0.25, -0.2) is 4.98 Å². The third-order valence-electron chi connectivity index (χ3n) is 4.39. The van der Waals surface area contributed by atoms with Gasteiger partial charge in [0.2, 0.25) is 0 Å². The number of rotatable bonds is 4. The van der Waals surface area contributed by atoms with Crippen LogP contribution in [0.15, 0.2) is 23.7 Å². The van der Waals surface area contributed by atoms with Gasteiger partial charge in [-0.1, -0.05) is 0 Å². The normalized spacial score (nSPS) is 17.9. The van der Waals surface area contributed by atoms with Crippen molar-refractivity contribution in [3.8, 4) is 0 Å². The first-order valence-electron chi connectivity index (χ1n) is 7.79. The smallest absolute Gasteiger partial charge is 0.131 e. The zero-order valence-electron chi connectivity index (χ0n) is 12.4. The fourth-order valence-corrected chi connectivity index (χ4v) is 3.92. The Morgan fingerprint density at radius 2 is 2.33 bits per heavy atom. The summed E-state index contributed by atoms with van der Waals surface area (Å²) in [6.07, 6.45) is 5.86. The Bertz CT molecular complexity index is 645. The first-order chi connectivity index (χ1) is 10.3. The van der Waals surface area contributed by atoms with Gasteiger partial charge in [-0.05, 0) is 60.4 Å². The second-order valence-corrected chi connectivity index (χ2v) is 7.18. The molecule has 2 aromatic heterocycles. The lowest BCUT2D eigenvalue weighted by Crippen LogP contribution is -2.30. The number of nitrogens with zero attached hydrogens (tertiary/aromatic N) is 2. The van der Waals surface area contributed by atoms with E-state index in [0.717, 1.165) is 37.9 Å². The lowest BCUT2D eigenvalue weighted by atomic mass is 10.1. The summed E-state index contributed by atoms with van der Waals surface area (Å²) in [4.78, 5) is 8.72. The number of aryl methyl sites for hydroxylation is 1. The Kier molecular flexibility index (Phi) is 3.43. The maximum absolute atomic E-state index is 4.75. The summed E-state index contributed by atoms with van der Waals surface area (Å²) in [5.41, 5.74) is 4.08. The highest BCUT2D eigenvalue weighted by Gasteiger charge is 2.21. The Hall–Kier alpha value is -1.39. The Morgan fingerprint density at radius 3 is 3.14 bits per heavy atom. The van der Waals surface area contributed by atoms with Gasteiger partial charge in [0.05, 0.1) is 0 Å². The molecule has 1 fully saturated rings. The Morgan fingerprint density at radius 1 is 1.43 bits per heavy atom. The minimum absolute atomic E-state index is 0.754. The molecule has 1 saturated carbocycles. The first kappa shape index (κ1) is 13.3. The van der Waals surface area contributed by atoms with E-state index >= 15 is 0 Å². The highest BCUT2D eigenvalue weighted by molar-refractivity contribution is 7.10. The molecule has 110 valence electrons. The van der Waals surface area contributed by atoms with Crippen molar-refractivity contribution in [2.45, 2.75) is 45.3 Å². The predicted octanol–water partition coefficient (Wildman–Crippen LogP) is 3.27. The van der Waals surface area contributed by atoms with E-state index in [1.54, 1.807) is 4.88 Å². The summed E-state index contributed by atoms with van der Waals surface area (Å²) in [7, 11) is 0. The van der Waals surface area contributed by atoms with Crippen molar-refractivity contribution in [1.82, 2.24) is 10.3 Å². The first-order valence-corrected chi connectivity index (χ1v) is 8.66. The van der Waals surface area contributed by atoms with Crippen LogP contribution in [0.5, 0.6) is 0 Å². The summed E-state index contributed by atoms with van der Waals surface area (Å²) < 4.78 is 0. The molecule has 2 aromatic rings. The van der Waals surface area contributed by atoms with E-state index in [1.807, 2.05) is 17.5 Å². The van der Waals surface area contributed by atoms with E-state index in [4.69, 9.17) is 4.98 Å². The monoisotopic (exact) mass is 299 g/mol. The van der Waals surface area contributed by atoms with Gasteiger partial charge in [0.25, 0.3) is 0 Å². The van der Waals surface area contributed by atoms with Gasteiger partial charge in [0.15, 0.2) is 0 Å². The standard InChI is InChI=1S/C17H21N3S/c1-12-8-13(9-18-15-2-3-15)10-19-17(12)20-6-4-16-14(11-20)5-7-21-16/h5,7-8,10,15,18H,2-4,6,9,11H2,1H3. The molecule has 0 bridgehead atoms. The molecule has 1 aliphatic carbocycles. The minimum Gasteiger partial charge on any atom is -0.352 e. The molecular formula is C17H21N3S. The molecule has 0 aromatic carbocycles. The van der Waals surface area contributed by atoms with Crippen molar-refractivity contribution in [2.24, 2.45) is 0 Å². The fraction of sp³-hybridized carbons (Fsp3) is 0.471. The van der Waals surface area contributed by atoms with Gasteiger partial charge in [0, 0.05) is 36.8 Å². The van der Waals surface area contributed by atoms with Crippen molar-refractivity contribution in [3.63, 3.8) is 0 Å². The van der Waals surface area contributed by atoms with Crippen LogP contribution in [0.25, 0.3) is 0 Å². The van der Waals surface area contributed by atoms with Crippen molar-refractivity contribution in [1.29, 1.82) is 0 Å². The van der Waals surface area contributed by atoms with Gasteiger partial charge in [-0.15, -0.1) is 11.3 Å². The second-order valence-electron chi connectivity index (χ2n) is 6.18. The molecule has 21 heavy (non-hydrogen) atoms. The van der Waals surface area contributed by atoms with Crippen LogP contribution in [0.1, 0.15) is 34.4 Å². The van der Waals surface area contributed by atoms with Crippen LogP contribution in [0.3, 0.4) is 0 Å². The zero-order chi connectivity index (χ0) is 14.2. The maximum Gasteiger partial charge on any atom is 0.131 e. The van der Waals surface area contributed by atoms with Crippen molar-refractivity contribution in [3.05, 3.63) is 45.3 Å². The molecular weight excluding hydrogens is 278 g/mol. The molecule has 4 rings (SSSR count). The van der Waals surface area contributed by atoms with Crippen LogP contribution in [0, 0.1) is 6.92 Å². The van der Waals surface area contributed by atoms with E-state index in [1.165, 1.54) is 29.5 Å². The van der Waals surface area contributed by atoms with Gasteiger partial charge >= 0.3 is 0 Å². The molecule has 0 radical (unpaired) electrons. The van der Waals surface area contributed by atoms with Gasteiger partial charge < -0.3 is 10.2 Å². The summed E-state index contributed by atoms with van der Waals surface area (Å²) >= 11 is 1.89. The van der Waals surface area contributed by atoms with Crippen molar-refractivity contribution >= 4 is 17.2 Å². The molecule has 0 unspecified atom stereocenters. The highest BCUT2D eigenvalue weighted by Crippen LogP contribution is 2.28. The van der Waals surface area contributed by atoms with E-state index < -0.39 is 0 Å². The molecule has 2 aliphatic rings. The van der Waals surface area contributed by atoms with E-state index in [2.05, 4.69) is 34.7 Å². The van der Waals surface area contributed by atoms with Crippen LogP contribution in [0.4, 0.5) is 5.82 Å². The summed E-state index contributed by atoms with van der Waals surface area (Å²) in [6, 6.07) is 5.31. The van der Waals surface area contributed by atoms with Crippen LogP contribution in [-0.2, 0) is 19.5 Å². The Balaban J connectivity index is 1.49. The number of aromatic nitrogens is 1. The molecule has 0 amide bonds. The highest BCUT2D eigenvalue weighted by atomic mass is 32.1. The molecule has 3 heterocycles. The van der Waals surface area contributed by atoms with Crippen molar-refractivity contribution < 1.29 is 0 Å². The van der Waals surface area contributed by atoms with Crippen LogP contribution < -0.4 is 10.2 Å². The molecule has 0 spiro atoms. The van der Waals surface area contributed by atoms with Gasteiger partial charge in [0.1, 0.15) is 5.82 Å². The molecule has 0 saturated heterocycles. The van der Waals surface area contributed by atoms with Crippen LogP contribution in [-0.4, -0.2) is 17.6 Å². The van der Waals surface area contributed by atoms with E-state index in [0.29, 0.717) is 0 Å². The third-order valence-corrected chi connectivity index (χ3v) is 5.41. The average molecular weight is 299 g/mol. The fourth-order valence-electron chi connectivity index (χ4n) is 3.03. The number of anilines is 1. The van der Waals surface area contributed by atoms with Crippen LogP contribution in [0.2, 0.25) is 0 Å². The topological polar surface area (TPSA) is 28.2 Å². The lowest BCUT2D eigenvalue weighted by molar-refractivity contribution is 0.683. The number of thiophene rings is 1. The number of pyridine rings is 1. The lowest BCUT2D eigenvalue weighted by Gasteiger charge is -2.29. The van der Waals surface area contributed by atoms with E-state index in [-0.39, 0.29) is 0 Å². The van der Waals surface area contributed by atoms with Gasteiger partial charge in [-0.2, -0.15) is 0 Å². The number of hydrogen-bond acceptors (Lipinski definition) is 4. The Labute approximate surface area is 130 Å². The maximum atomic E-state index is 4.75. The zero-order valence-corrected chi connectivity index (χ0v) is 13.2. The average Bonchev–Trinajstić information content (AvgIpc) is 3.21. The molecule has 0 atom stereocenters.